The van der Waals surface area contributed by atoms with Gasteiger partial charge < -0.3 is 10.4 Å². The predicted molar refractivity (Wildman–Crippen MR) is 118 cm³/mol. The summed E-state index contributed by atoms with van der Waals surface area (Å²) in [7, 11) is 1.88. The molecular weight excluding hydrogens is 406 g/mol. The predicted octanol–water partition coefficient (Wildman–Crippen LogP) is 2.15. The SMILES string of the molecule is Cn1ccc(-c2ccc(Cc3cc(C(=O)N[C@H]4CCCC[C@@H]4O)c4ncnn4c3)cn2)n1. The number of aromatic nitrogens is 6. The lowest BCUT2D eigenvalue weighted by molar-refractivity contribution is 0.0718. The third kappa shape index (κ3) is 4.11. The maximum atomic E-state index is 13.1. The van der Waals surface area contributed by atoms with Crippen molar-refractivity contribution in [3.8, 4) is 11.4 Å². The van der Waals surface area contributed by atoms with Gasteiger partial charge in [0.1, 0.15) is 12.0 Å². The molecule has 2 atom stereocenters. The van der Waals surface area contributed by atoms with Crippen molar-refractivity contribution in [2.45, 2.75) is 44.2 Å². The molecule has 0 spiro atoms. The van der Waals surface area contributed by atoms with E-state index in [4.69, 9.17) is 0 Å². The van der Waals surface area contributed by atoms with Crippen molar-refractivity contribution in [1.82, 2.24) is 34.7 Å². The van der Waals surface area contributed by atoms with Gasteiger partial charge in [-0.05, 0) is 42.2 Å². The molecular formula is C23H25N7O2. The largest absolute Gasteiger partial charge is 0.391 e. The second-order valence-electron chi connectivity index (χ2n) is 8.33. The fraction of sp³-hybridized carbons (Fsp3) is 0.348. The van der Waals surface area contributed by atoms with Crippen LogP contribution >= 0.6 is 0 Å². The van der Waals surface area contributed by atoms with Gasteiger partial charge in [0.05, 0.1) is 23.4 Å². The Balaban J connectivity index is 1.38. The van der Waals surface area contributed by atoms with Gasteiger partial charge in [0.2, 0.25) is 0 Å². The molecule has 9 nitrogen and oxygen atoms in total. The van der Waals surface area contributed by atoms with E-state index in [1.807, 2.05) is 49.9 Å². The van der Waals surface area contributed by atoms with Gasteiger partial charge in [0.25, 0.3) is 5.91 Å². The third-order valence-electron chi connectivity index (χ3n) is 5.93. The monoisotopic (exact) mass is 431 g/mol. The van der Waals surface area contributed by atoms with E-state index in [0.717, 1.165) is 41.8 Å². The fourth-order valence-corrected chi connectivity index (χ4v) is 4.24. The van der Waals surface area contributed by atoms with Gasteiger partial charge in [0, 0.05) is 32.1 Å². The summed E-state index contributed by atoms with van der Waals surface area (Å²) in [5.41, 5.74) is 4.53. The molecule has 1 fully saturated rings. The van der Waals surface area contributed by atoms with E-state index in [9.17, 15) is 9.90 Å². The van der Waals surface area contributed by atoms with Crippen LogP contribution < -0.4 is 5.32 Å². The molecule has 0 bridgehead atoms. The quantitative estimate of drug-likeness (QED) is 0.501. The van der Waals surface area contributed by atoms with E-state index in [0.29, 0.717) is 24.1 Å². The molecule has 9 heteroatoms. The first kappa shape index (κ1) is 20.3. The highest BCUT2D eigenvalue weighted by Crippen LogP contribution is 2.21. The molecule has 0 unspecified atom stereocenters. The van der Waals surface area contributed by atoms with Gasteiger partial charge in [-0.2, -0.15) is 10.2 Å². The second-order valence-corrected chi connectivity index (χ2v) is 8.33. The number of fused-ring (bicyclic) bond motifs is 1. The van der Waals surface area contributed by atoms with Crippen molar-refractivity contribution in [2.75, 3.05) is 0 Å². The van der Waals surface area contributed by atoms with E-state index in [1.54, 1.807) is 9.20 Å². The Morgan fingerprint density at radius 2 is 2.03 bits per heavy atom. The number of hydrogen-bond acceptors (Lipinski definition) is 6. The first-order chi connectivity index (χ1) is 15.6. The van der Waals surface area contributed by atoms with Crippen LogP contribution in [-0.2, 0) is 13.5 Å². The van der Waals surface area contributed by atoms with E-state index in [-0.39, 0.29) is 11.9 Å². The molecule has 1 aliphatic rings. The van der Waals surface area contributed by atoms with Crippen LogP contribution in [0.25, 0.3) is 17.0 Å². The Bertz CT molecular complexity index is 1240. The van der Waals surface area contributed by atoms with Gasteiger partial charge in [-0.3, -0.25) is 14.5 Å². The highest BCUT2D eigenvalue weighted by Gasteiger charge is 2.26. The first-order valence-corrected chi connectivity index (χ1v) is 10.8. The molecule has 32 heavy (non-hydrogen) atoms. The summed E-state index contributed by atoms with van der Waals surface area (Å²) in [6, 6.07) is 7.51. The number of carbonyl (C=O) groups excluding carboxylic acids is 1. The lowest BCUT2D eigenvalue weighted by Crippen LogP contribution is -2.45. The summed E-state index contributed by atoms with van der Waals surface area (Å²) in [5.74, 6) is -0.237. The fourth-order valence-electron chi connectivity index (χ4n) is 4.24. The maximum absolute atomic E-state index is 13.1. The second kappa shape index (κ2) is 8.51. The number of nitrogens with one attached hydrogen (secondary N) is 1. The Morgan fingerprint density at radius 1 is 1.16 bits per heavy atom. The zero-order valence-electron chi connectivity index (χ0n) is 17.8. The number of rotatable bonds is 5. The number of pyridine rings is 2. The number of amides is 1. The Hall–Kier alpha value is -3.59. The maximum Gasteiger partial charge on any atom is 0.255 e. The van der Waals surface area contributed by atoms with Crippen molar-refractivity contribution in [3.05, 3.63) is 65.9 Å². The molecule has 4 heterocycles. The van der Waals surface area contributed by atoms with Crippen molar-refractivity contribution < 1.29 is 9.90 Å². The molecule has 0 aromatic carbocycles. The van der Waals surface area contributed by atoms with Gasteiger partial charge >= 0.3 is 0 Å². The van der Waals surface area contributed by atoms with Crippen molar-refractivity contribution in [3.63, 3.8) is 0 Å². The summed E-state index contributed by atoms with van der Waals surface area (Å²) >= 11 is 0. The normalized spacial score (nSPS) is 18.7. The molecule has 164 valence electrons. The standard InChI is InChI=1S/C23H25N7O2/c1-29-9-8-19(28-29)18-7-6-15(12-24-18)10-16-11-17(22-25-14-26-30(22)13-16)23(32)27-20-4-2-3-5-21(20)31/h6-9,11-14,20-21,31H,2-5,10H2,1H3,(H,27,32)/t20-,21-/m0/s1. The molecule has 0 saturated heterocycles. The molecule has 0 aliphatic heterocycles. The Kier molecular flexibility index (Phi) is 5.40. The zero-order chi connectivity index (χ0) is 22.1. The Labute approximate surface area is 185 Å². The number of carbonyl (C=O) groups is 1. The van der Waals surface area contributed by atoms with E-state index in [1.165, 1.54) is 6.33 Å². The number of aliphatic hydroxyl groups excluding tert-OH is 1. The highest BCUT2D eigenvalue weighted by atomic mass is 16.3. The van der Waals surface area contributed by atoms with E-state index >= 15 is 0 Å². The van der Waals surface area contributed by atoms with Crippen LogP contribution in [0.1, 0.15) is 47.2 Å². The van der Waals surface area contributed by atoms with E-state index in [2.05, 4.69) is 25.5 Å². The number of aryl methyl sites for hydroxylation is 1. The van der Waals surface area contributed by atoms with Gasteiger partial charge in [-0.1, -0.05) is 18.9 Å². The molecule has 1 aliphatic carbocycles. The number of hydrogen-bond donors (Lipinski definition) is 2. The molecule has 1 amide bonds. The summed E-state index contributed by atoms with van der Waals surface area (Å²) in [6.07, 6.45) is 10.6. The minimum atomic E-state index is -0.506. The molecule has 5 rings (SSSR count). The van der Waals surface area contributed by atoms with Crippen molar-refractivity contribution in [2.24, 2.45) is 7.05 Å². The van der Waals surface area contributed by atoms with Crippen LogP contribution in [-0.4, -0.2) is 52.5 Å². The van der Waals surface area contributed by atoms with Gasteiger partial charge in [0.15, 0.2) is 5.65 Å². The van der Waals surface area contributed by atoms with Crippen LogP contribution in [0.3, 0.4) is 0 Å². The van der Waals surface area contributed by atoms with Crippen LogP contribution in [0.4, 0.5) is 0 Å². The smallest absolute Gasteiger partial charge is 0.255 e. The van der Waals surface area contributed by atoms with Crippen LogP contribution in [0.2, 0.25) is 0 Å². The number of nitrogens with zero attached hydrogens (tertiary/aromatic N) is 6. The minimum Gasteiger partial charge on any atom is -0.391 e. The lowest BCUT2D eigenvalue weighted by atomic mass is 9.92. The Morgan fingerprint density at radius 3 is 2.78 bits per heavy atom. The topological polar surface area (TPSA) is 110 Å². The van der Waals surface area contributed by atoms with Crippen molar-refractivity contribution >= 4 is 11.6 Å². The molecule has 4 aromatic rings. The van der Waals surface area contributed by atoms with Crippen LogP contribution in [0, 0.1) is 0 Å². The van der Waals surface area contributed by atoms with Crippen molar-refractivity contribution in [1.29, 1.82) is 0 Å². The third-order valence-corrected chi connectivity index (χ3v) is 5.93. The summed E-state index contributed by atoms with van der Waals surface area (Å²) in [5, 5.41) is 21.8. The number of aliphatic hydroxyl groups is 1. The van der Waals surface area contributed by atoms with Gasteiger partial charge in [-0.25, -0.2) is 9.50 Å². The lowest BCUT2D eigenvalue weighted by Gasteiger charge is -2.28. The molecule has 4 aromatic heterocycles. The molecule has 2 N–H and O–H groups in total. The zero-order valence-corrected chi connectivity index (χ0v) is 17.8. The molecule has 1 saturated carbocycles. The van der Waals surface area contributed by atoms with Gasteiger partial charge in [-0.15, -0.1) is 0 Å². The van der Waals surface area contributed by atoms with Crippen LogP contribution in [0.5, 0.6) is 0 Å². The molecule has 0 radical (unpaired) electrons. The average molecular weight is 432 g/mol. The summed E-state index contributed by atoms with van der Waals surface area (Å²) in [6.45, 7) is 0. The summed E-state index contributed by atoms with van der Waals surface area (Å²) in [4.78, 5) is 21.8. The van der Waals surface area contributed by atoms with E-state index < -0.39 is 6.10 Å². The highest BCUT2D eigenvalue weighted by molar-refractivity contribution is 6.00. The minimum absolute atomic E-state index is 0.230. The average Bonchev–Trinajstić information content (AvgIpc) is 3.44. The summed E-state index contributed by atoms with van der Waals surface area (Å²) < 4.78 is 3.37. The van der Waals surface area contributed by atoms with Crippen LogP contribution in [0.15, 0.2) is 49.2 Å². The first-order valence-electron chi connectivity index (χ1n) is 10.8.